The van der Waals surface area contributed by atoms with Crippen LogP contribution >= 0.6 is 0 Å². The third-order valence-electron chi connectivity index (χ3n) is 7.12. The zero-order valence-electron chi connectivity index (χ0n) is 23.3. The molecule has 14 heteroatoms. The number of alkyl halides is 3. The van der Waals surface area contributed by atoms with E-state index < -0.39 is 66.8 Å². The summed E-state index contributed by atoms with van der Waals surface area (Å²) in [6, 6.07) is 11.1. The standard InChI is InChI=1S/C30H30F6N4O4/c31-20-5-1-18(2-6-20)25(19-3-7-21(32)8-4-19)11-28(41)39-27-15-38-14-26(33)24(27)10-9-22-12-37-13-23(44-22)16-40(29(42)43)17-30(34,35)36/h1-8,14-15,22-23,25,37H,9-13,16-17H2,(H,39,41)(H,42,43)/t22-,23+/m1/s1. The molecule has 1 fully saturated rings. The molecular weight excluding hydrogens is 594 g/mol. The van der Waals surface area contributed by atoms with Gasteiger partial charge in [0.1, 0.15) is 24.0 Å². The Morgan fingerprint density at radius 2 is 1.57 bits per heavy atom. The monoisotopic (exact) mass is 624 g/mol. The minimum atomic E-state index is -4.71. The minimum Gasteiger partial charge on any atom is -0.465 e. The number of hydrogen-bond acceptors (Lipinski definition) is 5. The number of aromatic nitrogens is 1. The number of carbonyl (C=O) groups is 2. The molecule has 8 nitrogen and oxygen atoms in total. The molecular formula is C30H30F6N4O4. The fourth-order valence-electron chi connectivity index (χ4n) is 5.06. The number of carboxylic acid groups (broad SMARTS) is 1. The van der Waals surface area contributed by atoms with Gasteiger partial charge in [-0.3, -0.25) is 14.7 Å². The number of halogens is 6. The highest BCUT2D eigenvalue weighted by atomic mass is 19.4. The molecule has 1 aliphatic heterocycles. The number of nitrogens with zero attached hydrogens (tertiary/aromatic N) is 2. The van der Waals surface area contributed by atoms with E-state index in [4.69, 9.17) is 9.84 Å². The number of benzene rings is 2. The third-order valence-corrected chi connectivity index (χ3v) is 7.12. The van der Waals surface area contributed by atoms with Gasteiger partial charge in [0.15, 0.2) is 0 Å². The number of nitrogens with one attached hydrogen (secondary N) is 2. The van der Waals surface area contributed by atoms with Crippen molar-refractivity contribution in [3.8, 4) is 0 Å². The Labute approximate surface area is 249 Å². The van der Waals surface area contributed by atoms with E-state index in [9.17, 15) is 35.9 Å². The van der Waals surface area contributed by atoms with Crippen molar-refractivity contribution in [1.29, 1.82) is 0 Å². The van der Waals surface area contributed by atoms with Crippen molar-refractivity contribution in [3.05, 3.63) is 95.1 Å². The second-order valence-corrected chi connectivity index (χ2v) is 10.4. The average Bonchev–Trinajstić information content (AvgIpc) is 2.96. The summed E-state index contributed by atoms with van der Waals surface area (Å²) in [5.74, 6) is -2.70. The van der Waals surface area contributed by atoms with E-state index in [1.807, 2.05) is 0 Å². The zero-order chi connectivity index (χ0) is 31.9. The van der Waals surface area contributed by atoms with Gasteiger partial charge in [0.2, 0.25) is 5.91 Å². The van der Waals surface area contributed by atoms with E-state index in [1.165, 1.54) is 54.7 Å². The fourth-order valence-corrected chi connectivity index (χ4v) is 5.06. The van der Waals surface area contributed by atoms with E-state index in [0.717, 1.165) is 6.20 Å². The molecule has 1 aromatic heterocycles. The lowest BCUT2D eigenvalue weighted by molar-refractivity contribution is -0.147. The summed E-state index contributed by atoms with van der Waals surface area (Å²) >= 11 is 0. The predicted molar refractivity (Wildman–Crippen MR) is 148 cm³/mol. The molecule has 4 rings (SSSR count). The van der Waals surface area contributed by atoms with Crippen molar-refractivity contribution in [3.63, 3.8) is 0 Å². The third kappa shape index (κ3) is 9.41. The van der Waals surface area contributed by atoms with Crippen LogP contribution in [0.4, 0.5) is 36.8 Å². The van der Waals surface area contributed by atoms with Crippen LogP contribution in [0.1, 0.15) is 35.4 Å². The molecule has 0 bridgehead atoms. The minimum absolute atomic E-state index is 0.0631. The first-order valence-corrected chi connectivity index (χ1v) is 13.7. The molecule has 44 heavy (non-hydrogen) atoms. The average molecular weight is 625 g/mol. The van der Waals surface area contributed by atoms with E-state index in [1.54, 1.807) is 0 Å². The van der Waals surface area contributed by atoms with Crippen molar-refractivity contribution >= 4 is 17.7 Å². The highest BCUT2D eigenvalue weighted by Gasteiger charge is 2.35. The number of amides is 2. The van der Waals surface area contributed by atoms with Crippen molar-refractivity contribution in [2.24, 2.45) is 0 Å². The maximum Gasteiger partial charge on any atom is 0.407 e. The van der Waals surface area contributed by atoms with Gasteiger partial charge in [-0.25, -0.2) is 18.0 Å². The molecule has 1 aliphatic rings. The number of anilines is 1. The summed E-state index contributed by atoms with van der Waals surface area (Å²) < 4.78 is 86.2. The lowest BCUT2D eigenvalue weighted by atomic mass is 9.88. The van der Waals surface area contributed by atoms with Crippen molar-refractivity contribution in [2.75, 3.05) is 31.5 Å². The Kier molecular flexibility index (Phi) is 10.8. The van der Waals surface area contributed by atoms with Crippen molar-refractivity contribution < 1.29 is 45.8 Å². The number of rotatable bonds is 11. The van der Waals surface area contributed by atoms with Gasteiger partial charge in [-0.05, 0) is 48.2 Å². The van der Waals surface area contributed by atoms with Crippen LogP contribution in [-0.4, -0.2) is 71.6 Å². The van der Waals surface area contributed by atoms with Crippen LogP contribution in [0.25, 0.3) is 0 Å². The molecule has 0 unspecified atom stereocenters. The summed E-state index contributed by atoms with van der Waals surface area (Å²) in [5, 5.41) is 14.8. The number of morpholine rings is 1. The smallest absolute Gasteiger partial charge is 0.407 e. The quantitative estimate of drug-likeness (QED) is 0.244. The van der Waals surface area contributed by atoms with E-state index in [-0.39, 0.29) is 42.0 Å². The van der Waals surface area contributed by atoms with Gasteiger partial charge in [0.25, 0.3) is 0 Å². The van der Waals surface area contributed by atoms with E-state index in [0.29, 0.717) is 17.7 Å². The highest BCUT2D eigenvalue weighted by molar-refractivity contribution is 5.92. The van der Waals surface area contributed by atoms with Crippen molar-refractivity contribution in [1.82, 2.24) is 15.2 Å². The fraction of sp³-hybridized carbons (Fsp3) is 0.367. The first kappa shape index (κ1) is 32.7. The molecule has 0 saturated carbocycles. The Hall–Kier alpha value is -4.17. The van der Waals surface area contributed by atoms with Gasteiger partial charge >= 0.3 is 12.3 Å². The number of pyridine rings is 1. The predicted octanol–water partition coefficient (Wildman–Crippen LogP) is 5.49. The second-order valence-electron chi connectivity index (χ2n) is 10.4. The van der Waals surface area contributed by atoms with E-state index >= 15 is 0 Å². The molecule has 0 radical (unpaired) electrons. The summed E-state index contributed by atoms with van der Waals surface area (Å²) in [6.07, 6.45) is -5.48. The summed E-state index contributed by atoms with van der Waals surface area (Å²) in [5.41, 5.74) is 1.45. The van der Waals surface area contributed by atoms with Crippen LogP contribution in [0.5, 0.6) is 0 Å². The number of carbonyl (C=O) groups excluding carboxylic acids is 1. The number of hydrogen-bond donors (Lipinski definition) is 3. The Morgan fingerprint density at radius 1 is 0.977 bits per heavy atom. The maximum absolute atomic E-state index is 14.9. The topological polar surface area (TPSA) is 104 Å². The van der Waals surface area contributed by atoms with Gasteiger partial charge in [0.05, 0.1) is 36.8 Å². The lowest BCUT2D eigenvalue weighted by Crippen LogP contribution is -2.51. The van der Waals surface area contributed by atoms with Gasteiger partial charge in [-0.2, -0.15) is 13.2 Å². The normalized spacial score (nSPS) is 17.0. The molecule has 1 saturated heterocycles. The van der Waals surface area contributed by atoms with Gasteiger partial charge < -0.3 is 20.5 Å². The molecule has 3 N–H and O–H groups in total. The zero-order valence-corrected chi connectivity index (χ0v) is 23.3. The first-order valence-electron chi connectivity index (χ1n) is 13.7. The SMILES string of the molecule is O=C(CC(c1ccc(F)cc1)c1ccc(F)cc1)Nc1cncc(F)c1CC[C@@H]1CNC[C@@H](CN(CC(F)(F)F)C(=O)O)O1. The molecule has 2 amide bonds. The van der Waals surface area contributed by atoms with Gasteiger partial charge in [-0.15, -0.1) is 0 Å². The van der Waals surface area contributed by atoms with Crippen molar-refractivity contribution in [2.45, 2.75) is 43.6 Å². The van der Waals surface area contributed by atoms with Crippen LogP contribution in [0.15, 0.2) is 60.9 Å². The Bertz CT molecular complexity index is 1380. The molecule has 0 aliphatic carbocycles. The highest BCUT2D eigenvalue weighted by Crippen LogP contribution is 2.30. The summed E-state index contributed by atoms with van der Waals surface area (Å²) in [6.45, 7) is -1.71. The van der Waals surface area contributed by atoms with Crippen LogP contribution < -0.4 is 10.6 Å². The summed E-state index contributed by atoms with van der Waals surface area (Å²) in [4.78, 5) is 28.6. The second kappa shape index (κ2) is 14.5. The largest absolute Gasteiger partial charge is 0.465 e. The van der Waals surface area contributed by atoms with Crippen LogP contribution in [0, 0.1) is 17.5 Å². The van der Waals surface area contributed by atoms with Crippen LogP contribution in [-0.2, 0) is 16.0 Å². The molecule has 3 aromatic rings. The van der Waals surface area contributed by atoms with Crippen LogP contribution in [0.3, 0.4) is 0 Å². The maximum atomic E-state index is 14.9. The molecule has 2 heterocycles. The number of ether oxygens (including phenoxy) is 1. The van der Waals surface area contributed by atoms with Gasteiger partial charge in [-0.1, -0.05) is 24.3 Å². The van der Waals surface area contributed by atoms with Gasteiger partial charge in [0, 0.05) is 31.0 Å². The Morgan fingerprint density at radius 3 is 2.14 bits per heavy atom. The van der Waals surface area contributed by atoms with Crippen LogP contribution in [0.2, 0.25) is 0 Å². The molecule has 236 valence electrons. The molecule has 2 aromatic carbocycles. The summed E-state index contributed by atoms with van der Waals surface area (Å²) in [7, 11) is 0. The van der Waals surface area contributed by atoms with E-state index in [2.05, 4.69) is 15.6 Å². The molecule has 0 spiro atoms. The lowest BCUT2D eigenvalue weighted by Gasteiger charge is -2.34. The Balaban J connectivity index is 1.42. The molecule has 2 atom stereocenters. The first-order chi connectivity index (χ1) is 20.9.